The number of hydrogen-bond donors (Lipinski definition) is 2. The van der Waals surface area contributed by atoms with Crippen molar-refractivity contribution in [3.8, 4) is 0 Å². The molecule has 1 aliphatic heterocycles. The summed E-state index contributed by atoms with van der Waals surface area (Å²) in [5, 5.41) is 4.07. The van der Waals surface area contributed by atoms with Crippen LogP contribution in [0.25, 0.3) is 0 Å². The van der Waals surface area contributed by atoms with Crippen LogP contribution in [0.2, 0.25) is 5.02 Å². The van der Waals surface area contributed by atoms with Gasteiger partial charge in [0.15, 0.2) is 0 Å². The van der Waals surface area contributed by atoms with E-state index in [1.165, 1.54) is 0 Å². The van der Waals surface area contributed by atoms with Crippen LogP contribution in [0.15, 0.2) is 23.1 Å². The third-order valence-corrected chi connectivity index (χ3v) is 2.93. The van der Waals surface area contributed by atoms with Crippen molar-refractivity contribution in [1.82, 2.24) is 4.72 Å². The molecule has 2 rings (SSSR count). The highest BCUT2D eigenvalue weighted by molar-refractivity contribution is 7.97. The van der Waals surface area contributed by atoms with Crippen LogP contribution >= 0.6 is 23.5 Å². The number of anilines is 1. The highest BCUT2D eigenvalue weighted by Gasteiger charge is 2.13. The molecule has 0 aromatic heterocycles. The Morgan fingerprint density at radius 2 is 2.33 bits per heavy atom. The van der Waals surface area contributed by atoms with Crippen LogP contribution in [0, 0.1) is 0 Å². The van der Waals surface area contributed by atoms with Crippen LogP contribution in [0.4, 0.5) is 5.69 Å². The third-order valence-electron chi connectivity index (χ3n) is 1.66. The van der Waals surface area contributed by atoms with Gasteiger partial charge in [-0.3, -0.25) is 0 Å². The molecule has 0 fully saturated rings. The number of rotatable bonds is 0. The summed E-state index contributed by atoms with van der Waals surface area (Å²) < 4.78 is 3.21. The molecule has 0 bridgehead atoms. The van der Waals surface area contributed by atoms with Gasteiger partial charge in [-0.15, -0.1) is 0 Å². The SMILES string of the molecule is CC1NSc2cc(Cl)ccc2N1. The predicted molar refractivity (Wildman–Crippen MR) is 53.5 cm³/mol. The molecule has 0 aliphatic carbocycles. The van der Waals surface area contributed by atoms with Gasteiger partial charge in [0.2, 0.25) is 0 Å². The first-order valence-corrected chi connectivity index (χ1v) is 4.93. The number of halogens is 1. The highest BCUT2D eigenvalue weighted by atomic mass is 35.5. The normalized spacial score (nSPS) is 21.3. The topological polar surface area (TPSA) is 24.1 Å². The van der Waals surface area contributed by atoms with Gasteiger partial charge in [0.05, 0.1) is 11.9 Å². The molecule has 64 valence electrons. The Morgan fingerprint density at radius 1 is 1.50 bits per heavy atom. The summed E-state index contributed by atoms with van der Waals surface area (Å²) in [4.78, 5) is 1.15. The van der Waals surface area contributed by atoms with Gasteiger partial charge in [0.25, 0.3) is 0 Å². The summed E-state index contributed by atoms with van der Waals surface area (Å²) >= 11 is 7.46. The van der Waals surface area contributed by atoms with Crippen molar-refractivity contribution in [2.45, 2.75) is 18.0 Å². The average molecular weight is 201 g/mol. The largest absolute Gasteiger partial charge is 0.368 e. The number of fused-ring (bicyclic) bond motifs is 1. The molecule has 1 heterocycles. The molecule has 0 saturated heterocycles. The number of benzene rings is 1. The highest BCUT2D eigenvalue weighted by Crippen LogP contribution is 2.31. The third kappa shape index (κ3) is 1.53. The van der Waals surface area contributed by atoms with Crippen molar-refractivity contribution in [2.24, 2.45) is 0 Å². The molecule has 12 heavy (non-hydrogen) atoms. The minimum atomic E-state index is 0.309. The zero-order valence-electron chi connectivity index (χ0n) is 6.60. The Hall–Kier alpha value is -0.380. The molecule has 4 heteroatoms. The Balaban J connectivity index is 2.37. The van der Waals surface area contributed by atoms with Gasteiger partial charge in [0, 0.05) is 9.92 Å². The molecular weight excluding hydrogens is 192 g/mol. The van der Waals surface area contributed by atoms with Gasteiger partial charge >= 0.3 is 0 Å². The van der Waals surface area contributed by atoms with Crippen molar-refractivity contribution < 1.29 is 0 Å². The van der Waals surface area contributed by atoms with Crippen LogP contribution in [0.1, 0.15) is 6.92 Å². The molecule has 2 nitrogen and oxygen atoms in total. The second-order valence-corrected chi connectivity index (χ2v) is 4.04. The summed E-state index contributed by atoms with van der Waals surface area (Å²) in [5.41, 5.74) is 1.15. The van der Waals surface area contributed by atoms with E-state index >= 15 is 0 Å². The summed E-state index contributed by atoms with van der Waals surface area (Å²) in [6.45, 7) is 2.07. The van der Waals surface area contributed by atoms with Crippen LogP contribution in [-0.4, -0.2) is 6.17 Å². The lowest BCUT2D eigenvalue weighted by atomic mass is 10.3. The lowest BCUT2D eigenvalue weighted by Gasteiger charge is -2.24. The molecule has 0 saturated carbocycles. The van der Waals surface area contributed by atoms with Crippen LogP contribution in [0.3, 0.4) is 0 Å². The number of hydrogen-bond acceptors (Lipinski definition) is 3. The first-order valence-electron chi connectivity index (χ1n) is 3.74. The molecule has 1 atom stereocenters. The average Bonchev–Trinajstić information content (AvgIpc) is 2.05. The van der Waals surface area contributed by atoms with Crippen LogP contribution in [-0.2, 0) is 0 Å². The van der Waals surface area contributed by atoms with Crippen molar-refractivity contribution in [1.29, 1.82) is 0 Å². The van der Waals surface area contributed by atoms with E-state index in [4.69, 9.17) is 11.6 Å². The second-order valence-electron chi connectivity index (χ2n) is 2.73. The fourth-order valence-corrected chi connectivity index (χ4v) is 2.14. The smallest absolute Gasteiger partial charge is 0.0834 e. The summed E-state index contributed by atoms with van der Waals surface area (Å²) in [6.07, 6.45) is 0.309. The molecule has 1 aromatic carbocycles. The predicted octanol–water partition coefficient (Wildman–Crippen LogP) is 2.71. The lowest BCUT2D eigenvalue weighted by molar-refractivity contribution is 0.772. The maximum atomic E-state index is 5.84. The molecule has 1 unspecified atom stereocenters. The molecule has 0 radical (unpaired) electrons. The van der Waals surface area contributed by atoms with Crippen LogP contribution in [0.5, 0.6) is 0 Å². The fraction of sp³-hybridized carbons (Fsp3) is 0.250. The Bertz CT molecular complexity index is 303. The Morgan fingerprint density at radius 3 is 3.17 bits per heavy atom. The quantitative estimate of drug-likeness (QED) is 0.630. The zero-order chi connectivity index (χ0) is 8.55. The van der Waals surface area contributed by atoms with Gasteiger partial charge in [-0.1, -0.05) is 11.6 Å². The van der Waals surface area contributed by atoms with Crippen molar-refractivity contribution >= 4 is 29.2 Å². The van der Waals surface area contributed by atoms with E-state index in [0.717, 1.165) is 15.6 Å². The van der Waals surface area contributed by atoms with Gasteiger partial charge in [-0.25, -0.2) is 4.72 Å². The number of nitrogens with one attached hydrogen (secondary N) is 2. The standard InChI is InChI=1S/C8H9ClN2S/c1-5-10-7-3-2-6(9)4-8(7)12-11-5/h2-5,10-11H,1H3. The molecule has 2 N–H and O–H groups in total. The van der Waals surface area contributed by atoms with Gasteiger partial charge in [-0.2, -0.15) is 0 Å². The van der Waals surface area contributed by atoms with E-state index in [-0.39, 0.29) is 0 Å². The van der Waals surface area contributed by atoms with E-state index < -0.39 is 0 Å². The van der Waals surface area contributed by atoms with Crippen molar-refractivity contribution in [3.05, 3.63) is 23.2 Å². The maximum Gasteiger partial charge on any atom is 0.0834 e. The van der Waals surface area contributed by atoms with Crippen LogP contribution < -0.4 is 10.0 Å². The lowest BCUT2D eigenvalue weighted by Crippen LogP contribution is -2.31. The van der Waals surface area contributed by atoms with Crippen molar-refractivity contribution in [3.63, 3.8) is 0 Å². The van der Waals surface area contributed by atoms with E-state index in [9.17, 15) is 0 Å². The second kappa shape index (κ2) is 3.17. The first-order chi connectivity index (χ1) is 5.75. The minimum Gasteiger partial charge on any atom is -0.368 e. The summed E-state index contributed by atoms with van der Waals surface area (Å²) in [5.74, 6) is 0. The van der Waals surface area contributed by atoms with E-state index in [1.807, 2.05) is 18.2 Å². The molecule has 1 aromatic rings. The minimum absolute atomic E-state index is 0.309. The van der Waals surface area contributed by atoms with E-state index in [0.29, 0.717) is 6.17 Å². The summed E-state index contributed by atoms with van der Waals surface area (Å²) in [7, 11) is 0. The monoisotopic (exact) mass is 200 g/mol. The van der Waals surface area contributed by atoms with Crippen molar-refractivity contribution in [2.75, 3.05) is 5.32 Å². The fourth-order valence-electron chi connectivity index (χ4n) is 1.11. The molecule has 0 spiro atoms. The Kier molecular flexibility index (Phi) is 2.17. The maximum absolute atomic E-state index is 5.84. The summed E-state index contributed by atoms with van der Waals surface area (Å²) in [6, 6.07) is 5.85. The molecule has 0 amide bonds. The zero-order valence-corrected chi connectivity index (χ0v) is 8.17. The van der Waals surface area contributed by atoms with Gasteiger partial charge in [0.1, 0.15) is 0 Å². The Labute approximate surface area is 80.8 Å². The van der Waals surface area contributed by atoms with E-state index in [1.54, 1.807) is 11.9 Å². The first kappa shape index (κ1) is 8.23. The van der Waals surface area contributed by atoms with Gasteiger partial charge in [-0.05, 0) is 37.1 Å². The van der Waals surface area contributed by atoms with Gasteiger partial charge < -0.3 is 5.32 Å². The molecular formula is C8H9ClN2S. The molecule has 1 aliphatic rings. The van der Waals surface area contributed by atoms with E-state index in [2.05, 4.69) is 17.0 Å².